The van der Waals surface area contributed by atoms with E-state index in [9.17, 15) is 4.79 Å². The smallest absolute Gasteiger partial charge is 0.226 e. The van der Waals surface area contributed by atoms with Gasteiger partial charge in [0.1, 0.15) is 5.75 Å². The summed E-state index contributed by atoms with van der Waals surface area (Å²) in [5, 5.41) is 0.679. The summed E-state index contributed by atoms with van der Waals surface area (Å²) in [5.41, 5.74) is 0.977. The second kappa shape index (κ2) is 8.86. The van der Waals surface area contributed by atoms with Crippen molar-refractivity contribution in [1.29, 1.82) is 0 Å². The number of carbonyl (C=O) groups excluding carboxylic acids is 1. The van der Waals surface area contributed by atoms with Gasteiger partial charge in [0.2, 0.25) is 5.91 Å². The number of piperidine rings is 1. The maximum Gasteiger partial charge on any atom is 0.226 e. The highest BCUT2D eigenvalue weighted by atomic mass is 35.5. The molecule has 3 rings (SSSR count). The Morgan fingerprint density at radius 2 is 1.96 bits per heavy atom. The van der Waals surface area contributed by atoms with Gasteiger partial charge in [-0.25, -0.2) is 0 Å². The number of ether oxygens (including phenoxy) is 1. The Hall–Kier alpha value is -2.07. The van der Waals surface area contributed by atoms with Gasteiger partial charge < -0.3 is 9.64 Å². The highest BCUT2D eigenvalue weighted by Gasteiger charge is 2.22. The molecule has 0 saturated carbocycles. The van der Waals surface area contributed by atoms with Crippen LogP contribution in [0.25, 0.3) is 0 Å². The fraction of sp³-hybridized carbons (Fsp3) is 0.400. The van der Waals surface area contributed by atoms with Gasteiger partial charge in [-0.15, -0.1) is 0 Å². The van der Waals surface area contributed by atoms with Crippen LogP contribution in [0.5, 0.6) is 5.75 Å². The monoisotopic (exact) mass is 358 g/mol. The van der Waals surface area contributed by atoms with Gasteiger partial charge in [-0.05, 0) is 55.0 Å². The second-order valence-corrected chi connectivity index (χ2v) is 6.89. The number of hydrogen-bond donors (Lipinski definition) is 0. The first-order valence-electron chi connectivity index (χ1n) is 8.76. The van der Waals surface area contributed by atoms with Gasteiger partial charge in [0.05, 0.1) is 13.0 Å². The van der Waals surface area contributed by atoms with E-state index in [4.69, 9.17) is 16.3 Å². The molecule has 0 spiro atoms. The summed E-state index contributed by atoms with van der Waals surface area (Å²) in [5.74, 6) is 1.68. The van der Waals surface area contributed by atoms with E-state index in [-0.39, 0.29) is 5.91 Å². The zero-order valence-corrected chi connectivity index (χ0v) is 15.0. The van der Waals surface area contributed by atoms with E-state index in [1.165, 1.54) is 0 Å². The van der Waals surface area contributed by atoms with Crippen LogP contribution in [0.4, 0.5) is 0 Å². The normalized spacial score (nSPS) is 15.2. The zero-order chi connectivity index (χ0) is 17.5. The van der Waals surface area contributed by atoms with E-state index in [0.717, 1.165) is 43.7 Å². The minimum atomic E-state index is 0.189. The number of likely N-dealkylation sites (tertiary alicyclic amines) is 1. The van der Waals surface area contributed by atoms with Crippen molar-refractivity contribution < 1.29 is 9.53 Å². The van der Waals surface area contributed by atoms with Crippen molar-refractivity contribution in [3.05, 3.63) is 59.4 Å². The van der Waals surface area contributed by atoms with Crippen LogP contribution in [-0.4, -0.2) is 35.5 Å². The van der Waals surface area contributed by atoms with E-state index in [2.05, 4.69) is 4.98 Å². The molecule has 1 aromatic heterocycles. The standard InChI is InChI=1S/C20H23ClN2O2/c21-18-3-1-2-17(14-18)15-20(24)23-11-6-16(7-12-23)8-13-25-19-4-9-22-10-5-19/h1-5,9-10,14,16H,6-8,11-13,15H2. The molecule has 1 saturated heterocycles. The summed E-state index contributed by atoms with van der Waals surface area (Å²) in [7, 11) is 0. The molecule has 0 N–H and O–H groups in total. The SMILES string of the molecule is O=C(Cc1cccc(Cl)c1)N1CCC(CCOc2ccncc2)CC1. The Kier molecular flexibility index (Phi) is 6.29. The predicted octanol–water partition coefficient (Wildman–Crippen LogP) is 3.99. The summed E-state index contributed by atoms with van der Waals surface area (Å²) < 4.78 is 5.74. The third-order valence-corrected chi connectivity index (χ3v) is 4.89. The van der Waals surface area contributed by atoms with E-state index < -0.39 is 0 Å². The summed E-state index contributed by atoms with van der Waals surface area (Å²) in [6.07, 6.45) is 7.01. The molecule has 1 fully saturated rings. The fourth-order valence-electron chi connectivity index (χ4n) is 3.18. The number of rotatable bonds is 6. The molecule has 1 aromatic carbocycles. The Labute approximate surface area is 153 Å². The summed E-state index contributed by atoms with van der Waals surface area (Å²) in [4.78, 5) is 18.4. The number of pyridine rings is 1. The quantitative estimate of drug-likeness (QED) is 0.784. The van der Waals surface area contributed by atoms with Crippen molar-refractivity contribution in [3.63, 3.8) is 0 Å². The highest BCUT2D eigenvalue weighted by Crippen LogP contribution is 2.22. The minimum Gasteiger partial charge on any atom is -0.493 e. The lowest BCUT2D eigenvalue weighted by Gasteiger charge is -2.32. The minimum absolute atomic E-state index is 0.189. The van der Waals surface area contributed by atoms with Gasteiger partial charge in [0, 0.05) is 30.5 Å². The third-order valence-electron chi connectivity index (χ3n) is 4.66. The van der Waals surface area contributed by atoms with Gasteiger partial charge in [0.25, 0.3) is 0 Å². The number of benzene rings is 1. The number of amides is 1. The summed E-state index contributed by atoms with van der Waals surface area (Å²) in [6.45, 7) is 2.38. The molecule has 1 aliphatic rings. The number of hydrogen-bond acceptors (Lipinski definition) is 3. The van der Waals surface area contributed by atoms with E-state index in [1.807, 2.05) is 41.3 Å². The molecule has 25 heavy (non-hydrogen) atoms. The lowest BCUT2D eigenvalue weighted by molar-refractivity contribution is -0.131. The molecular formula is C20H23ClN2O2. The molecule has 0 bridgehead atoms. The van der Waals surface area contributed by atoms with Gasteiger partial charge in [0.15, 0.2) is 0 Å². The van der Waals surface area contributed by atoms with E-state index >= 15 is 0 Å². The third kappa shape index (κ3) is 5.46. The van der Waals surface area contributed by atoms with E-state index in [0.29, 0.717) is 24.0 Å². The molecule has 5 heteroatoms. The van der Waals surface area contributed by atoms with Crippen LogP contribution in [0.3, 0.4) is 0 Å². The average molecular weight is 359 g/mol. The van der Waals surface area contributed by atoms with Gasteiger partial charge in [-0.3, -0.25) is 9.78 Å². The van der Waals surface area contributed by atoms with Crippen LogP contribution >= 0.6 is 11.6 Å². The maximum absolute atomic E-state index is 12.4. The van der Waals surface area contributed by atoms with Crippen molar-refractivity contribution >= 4 is 17.5 Å². The Balaban J connectivity index is 1.38. The zero-order valence-electron chi connectivity index (χ0n) is 14.2. The van der Waals surface area contributed by atoms with E-state index in [1.54, 1.807) is 12.4 Å². The summed E-state index contributed by atoms with van der Waals surface area (Å²) in [6, 6.07) is 11.3. The fourth-order valence-corrected chi connectivity index (χ4v) is 3.40. The molecule has 2 aromatic rings. The van der Waals surface area contributed by atoms with Crippen molar-refractivity contribution in [1.82, 2.24) is 9.88 Å². The largest absolute Gasteiger partial charge is 0.493 e. The molecule has 1 aliphatic heterocycles. The second-order valence-electron chi connectivity index (χ2n) is 6.45. The first-order valence-corrected chi connectivity index (χ1v) is 9.13. The summed E-state index contributed by atoms with van der Waals surface area (Å²) >= 11 is 5.99. The van der Waals surface area contributed by atoms with Crippen molar-refractivity contribution in [2.75, 3.05) is 19.7 Å². The number of nitrogens with zero attached hydrogens (tertiary/aromatic N) is 2. The predicted molar refractivity (Wildman–Crippen MR) is 98.8 cm³/mol. The molecule has 0 radical (unpaired) electrons. The lowest BCUT2D eigenvalue weighted by atomic mass is 9.93. The van der Waals surface area contributed by atoms with Gasteiger partial charge in [-0.2, -0.15) is 0 Å². The first-order chi connectivity index (χ1) is 12.2. The molecule has 0 aliphatic carbocycles. The van der Waals surface area contributed by atoms with Crippen LogP contribution < -0.4 is 4.74 Å². The average Bonchev–Trinajstić information content (AvgIpc) is 2.63. The Bertz CT molecular complexity index is 685. The molecular weight excluding hydrogens is 336 g/mol. The van der Waals surface area contributed by atoms with Crippen molar-refractivity contribution in [2.45, 2.75) is 25.7 Å². The van der Waals surface area contributed by atoms with Crippen molar-refractivity contribution in [2.24, 2.45) is 5.92 Å². The lowest BCUT2D eigenvalue weighted by Crippen LogP contribution is -2.39. The van der Waals surface area contributed by atoms with Crippen LogP contribution in [0.1, 0.15) is 24.8 Å². The van der Waals surface area contributed by atoms with Crippen LogP contribution in [-0.2, 0) is 11.2 Å². The maximum atomic E-state index is 12.4. The van der Waals surface area contributed by atoms with Crippen LogP contribution in [0.15, 0.2) is 48.8 Å². The Morgan fingerprint density at radius 3 is 2.68 bits per heavy atom. The topological polar surface area (TPSA) is 42.4 Å². The highest BCUT2D eigenvalue weighted by molar-refractivity contribution is 6.30. The molecule has 2 heterocycles. The molecule has 0 atom stereocenters. The number of aromatic nitrogens is 1. The van der Waals surface area contributed by atoms with Gasteiger partial charge >= 0.3 is 0 Å². The van der Waals surface area contributed by atoms with Crippen LogP contribution in [0, 0.1) is 5.92 Å². The number of carbonyl (C=O) groups is 1. The van der Waals surface area contributed by atoms with Crippen LogP contribution in [0.2, 0.25) is 5.02 Å². The molecule has 4 nitrogen and oxygen atoms in total. The first kappa shape index (κ1) is 17.7. The number of halogens is 1. The molecule has 1 amide bonds. The molecule has 0 unspecified atom stereocenters. The van der Waals surface area contributed by atoms with Crippen molar-refractivity contribution in [3.8, 4) is 5.75 Å². The molecule has 132 valence electrons. The van der Waals surface area contributed by atoms with Gasteiger partial charge in [-0.1, -0.05) is 23.7 Å². The Morgan fingerprint density at radius 1 is 1.20 bits per heavy atom.